The van der Waals surface area contributed by atoms with E-state index in [1.807, 2.05) is 0 Å². The number of rotatable bonds is 5. The van der Waals surface area contributed by atoms with Gasteiger partial charge in [0.2, 0.25) is 5.91 Å². The molecule has 110 valence electrons. The third-order valence-corrected chi connectivity index (χ3v) is 4.88. The van der Waals surface area contributed by atoms with E-state index in [2.05, 4.69) is 17.1 Å². The molecule has 0 bridgehead atoms. The lowest BCUT2D eigenvalue weighted by Gasteiger charge is -2.31. The summed E-state index contributed by atoms with van der Waals surface area (Å²) in [4.78, 5) is 14.8. The molecular weight excluding hydrogens is 238 g/mol. The molecular formula is C15H29N3O. The van der Waals surface area contributed by atoms with Crippen molar-refractivity contribution in [1.29, 1.82) is 0 Å². The Hall–Kier alpha value is -0.610. The maximum atomic E-state index is 12.3. The molecule has 1 heterocycles. The fourth-order valence-electron chi connectivity index (χ4n) is 3.53. The third-order valence-electron chi connectivity index (χ3n) is 4.88. The van der Waals surface area contributed by atoms with Gasteiger partial charge in [-0.2, -0.15) is 0 Å². The van der Waals surface area contributed by atoms with E-state index in [1.165, 1.54) is 38.8 Å². The zero-order valence-electron chi connectivity index (χ0n) is 12.2. The van der Waals surface area contributed by atoms with Gasteiger partial charge in [0.25, 0.3) is 0 Å². The van der Waals surface area contributed by atoms with Gasteiger partial charge in [0.1, 0.15) is 0 Å². The van der Waals surface area contributed by atoms with Crippen LogP contribution in [0.1, 0.15) is 45.4 Å². The minimum absolute atomic E-state index is 0.157. The van der Waals surface area contributed by atoms with Crippen molar-refractivity contribution in [3.8, 4) is 0 Å². The molecule has 0 aromatic carbocycles. The van der Waals surface area contributed by atoms with Crippen LogP contribution >= 0.6 is 0 Å². The number of hydrogen-bond donors (Lipinski definition) is 2. The van der Waals surface area contributed by atoms with Crippen LogP contribution in [0.15, 0.2) is 0 Å². The number of carbonyl (C=O) groups is 1. The highest BCUT2D eigenvalue weighted by Crippen LogP contribution is 2.29. The van der Waals surface area contributed by atoms with Crippen LogP contribution in [-0.4, -0.2) is 43.0 Å². The van der Waals surface area contributed by atoms with Gasteiger partial charge in [0.05, 0.1) is 0 Å². The minimum atomic E-state index is 0.157. The molecule has 1 aliphatic heterocycles. The molecule has 4 nitrogen and oxygen atoms in total. The van der Waals surface area contributed by atoms with Crippen molar-refractivity contribution in [2.24, 2.45) is 17.6 Å². The lowest BCUT2D eigenvalue weighted by molar-refractivity contribution is -0.127. The van der Waals surface area contributed by atoms with Gasteiger partial charge in [-0.15, -0.1) is 0 Å². The van der Waals surface area contributed by atoms with Crippen LogP contribution in [0, 0.1) is 11.8 Å². The summed E-state index contributed by atoms with van der Waals surface area (Å²) in [5, 5.41) is 3.16. The van der Waals surface area contributed by atoms with Crippen molar-refractivity contribution in [3.63, 3.8) is 0 Å². The van der Waals surface area contributed by atoms with Crippen LogP contribution in [-0.2, 0) is 4.79 Å². The van der Waals surface area contributed by atoms with E-state index in [0.29, 0.717) is 18.5 Å². The lowest BCUT2D eigenvalue weighted by atomic mass is 9.79. The van der Waals surface area contributed by atoms with E-state index >= 15 is 0 Å². The maximum Gasteiger partial charge on any atom is 0.223 e. The summed E-state index contributed by atoms with van der Waals surface area (Å²) in [6.07, 6.45) is 7.15. The van der Waals surface area contributed by atoms with Crippen LogP contribution in [0.3, 0.4) is 0 Å². The number of likely N-dealkylation sites (tertiary alicyclic amines) is 1. The van der Waals surface area contributed by atoms with E-state index in [9.17, 15) is 4.79 Å². The second-order valence-electron chi connectivity index (χ2n) is 6.22. The molecule has 1 saturated heterocycles. The summed E-state index contributed by atoms with van der Waals surface area (Å²) in [5.74, 6) is 0.793. The molecule has 3 N–H and O–H groups in total. The number of hydrogen-bond acceptors (Lipinski definition) is 3. The summed E-state index contributed by atoms with van der Waals surface area (Å²) in [6, 6.07) is 0.464. The van der Waals surface area contributed by atoms with E-state index in [4.69, 9.17) is 5.73 Å². The van der Waals surface area contributed by atoms with Crippen molar-refractivity contribution in [2.75, 3.05) is 26.2 Å². The number of nitrogens with one attached hydrogen (secondary N) is 1. The predicted molar refractivity (Wildman–Crippen MR) is 77.8 cm³/mol. The van der Waals surface area contributed by atoms with E-state index < -0.39 is 0 Å². The highest BCUT2D eigenvalue weighted by molar-refractivity contribution is 5.79. The Balaban J connectivity index is 1.76. The second-order valence-corrected chi connectivity index (χ2v) is 6.22. The monoisotopic (exact) mass is 267 g/mol. The molecule has 19 heavy (non-hydrogen) atoms. The topological polar surface area (TPSA) is 58.4 Å². The van der Waals surface area contributed by atoms with Gasteiger partial charge in [0, 0.05) is 18.5 Å². The van der Waals surface area contributed by atoms with E-state index in [1.54, 1.807) is 0 Å². The molecule has 0 radical (unpaired) electrons. The summed E-state index contributed by atoms with van der Waals surface area (Å²) >= 11 is 0. The molecule has 4 heteroatoms. The summed E-state index contributed by atoms with van der Waals surface area (Å²) in [7, 11) is 0. The van der Waals surface area contributed by atoms with Crippen molar-refractivity contribution in [2.45, 2.75) is 51.5 Å². The molecule has 3 unspecified atom stereocenters. The second kappa shape index (κ2) is 7.25. The standard InChI is InChI=1S/C15H29N3O/c1-12(18-8-4-5-9-18)11-17-15(19)14-7-3-2-6-13(14)10-16/h12-14H,2-11,16H2,1H3,(H,17,19). The fraction of sp³-hybridized carbons (Fsp3) is 0.933. The molecule has 1 amide bonds. The van der Waals surface area contributed by atoms with Gasteiger partial charge < -0.3 is 11.1 Å². The van der Waals surface area contributed by atoms with Gasteiger partial charge in [-0.1, -0.05) is 12.8 Å². The molecule has 2 rings (SSSR count). The van der Waals surface area contributed by atoms with E-state index in [0.717, 1.165) is 19.4 Å². The molecule has 1 saturated carbocycles. The zero-order valence-corrected chi connectivity index (χ0v) is 12.2. The number of amides is 1. The molecule has 2 fully saturated rings. The average molecular weight is 267 g/mol. The molecule has 2 aliphatic rings. The Morgan fingerprint density at radius 1 is 1.26 bits per heavy atom. The lowest BCUT2D eigenvalue weighted by Crippen LogP contribution is -2.45. The van der Waals surface area contributed by atoms with Crippen LogP contribution in [0.5, 0.6) is 0 Å². The van der Waals surface area contributed by atoms with Crippen LogP contribution in [0.2, 0.25) is 0 Å². The first-order chi connectivity index (χ1) is 9.22. The molecule has 3 atom stereocenters. The largest absolute Gasteiger partial charge is 0.354 e. The Bertz CT molecular complexity index is 289. The van der Waals surface area contributed by atoms with Crippen LogP contribution in [0.4, 0.5) is 0 Å². The van der Waals surface area contributed by atoms with E-state index in [-0.39, 0.29) is 11.8 Å². The molecule has 0 spiro atoms. The van der Waals surface area contributed by atoms with Crippen molar-refractivity contribution in [1.82, 2.24) is 10.2 Å². The SMILES string of the molecule is CC(CNC(=O)C1CCCCC1CN)N1CCCC1. The number of carbonyl (C=O) groups excluding carboxylic acids is 1. The molecule has 0 aromatic heterocycles. The Labute approximate surface area is 117 Å². The quantitative estimate of drug-likeness (QED) is 0.790. The number of nitrogens with two attached hydrogens (primary N) is 1. The van der Waals surface area contributed by atoms with Gasteiger partial charge in [-0.05, 0) is 58.2 Å². The highest BCUT2D eigenvalue weighted by atomic mass is 16.1. The van der Waals surface area contributed by atoms with Crippen molar-refractivity contribution < 1.29 is 4.79 Å². The number of nitrogens with zero attached hydrogens (tertiary/aromatic N) is 1. The first-order valence-electron chi connectivity index (χ1n) is 7.94. The normalized spacial score (nSPS) is 30.2. The fourth-order valence-corrected chi connectivity index (χ4v) is 3.53. The molecule has 0 aromatic rings. The molecule has 1 aliphatic carbocycles. The Morgan fingerprint density at radius 3 is 2.63 bits per heavy atom. The first-order valence-corrected chi connectivity index (χ1v) is 7.94. The highest BCUT2D eigenvalue weighted by Gasteiger charge is 2.30. The Morgan fingerprint density at radius 2 is 1.95 bits per heavy atom. The van der Waals surface area contributed by atoms with Gasteiger partial charge in [-0.25, -0.2) is 0 Å². The van der Waals surface area contributed by atoms with Crippen molar-refractivity contribution >= 4 is 5.91 Å². The maximum absolute atomic E-state index is 12.3. The smallest absolute Gasteiger partial charge is 0.223 e. The predicted octanol–water partition coefficient (Wildman–Crippen LogP) is 1.35. The van der Waals surface area contributed by atoms with Crippen molar-refractivity contribution in [3.05, 3.63) is 0 Å². The van der Waals surface area contributed by atoms with Gasteiger partial charge in [0.15, 0.2) is 0 Å². The van der Waals surface area contributed by atoms with Crippen LogP contribution < -0.4 is 11.1 Å². The summed E-state index contributed by atoms with van der Waals surface area (Å²) in [5.41, 5.74) is 5.80. The summed E-state index contributed by atoms with van der Waals surface area (Å²) in [6.45, 7) is 6.02. The summed E-state index contributed by atoms with van der Waals surface area (Å²) < 4.78 is 0. The first kappa shape index (κ1) is 14.8. The zero-order chi connectivity index (χ0) is 13.7. The van der Waals surface area contributed by atoms with Gasteiger partial charge >= 0.3 is 0 Å². The van der Waals surface area contributed by atoms with Crippen LogP contribution in [0.25, 0.3) is 0 Å². The average Bonchev–Trinajstić information content (AvgIpc) is 2.98. The minimum Gasteiger partial charge on any atom is -0.354 e. The third kappa shape index (κ3) is 3.93. The van der Waals surface area contributed by atoms with Gasteiger partial charge in [-0.3, -0.25) is 9.69 Å². The Kier molecular flexibility index (Phi) is 5.64.